The van der Waals surface area contributed by atoms with Crippen LogP contribution < -0.4 is 11.1 Å². The SMILES string of the molecule is NC(=O)c1cc(NC(=O)c2ccccc2Br)c(F)cc1F. The van der Waals surface area contributed by atoms with Crippen LogP contribution in [-0.2, 0) is 0 Å². The van der Waals surface area contributed by atoms with Crippen molar-refractivity contribution in [3.8, 4) is 0 Å². The Morgan fingerprint density at radius 1 is 1.05 bits per heavy atom. The molecule has 0 heterocycles. The molecular weight excluding hydrogens is 346 g/mol. The van der Waals surface area contributed by atoms with Crippen LogP contribution in [0.1, 0.15) is 20.7 Å². The van der Waals surface area contributed by atoms with Gasteiger partial charge in [-0.2, -0.15) is 0 Å². The molecule has 2 aromatic rings. The van der Waals surface area contributed by atoms with Crippen LogP contribution in [0.5, 0.6) is 0 Å². The molecule has 0 bridgehead atoms. The number of halogens is 3. The van der Waals surface area contributed by atoms with Crippen LogP contribution in [0.15, 0.2) is 40.9 Å². The molecule has 4 nitrogen and oxygen atoms in total. The second-order valence-electron chi connectivity index (χ2n) is 4.11. The molecule has 7 heteroatoms. The normalized spacial score (nSPS) is 10.2. The summed E-state index contributed by atoms with van der Waals surface area (Å²) in [5.41, 5.74) is 4.41. The Kier molecular flexibility index (Phi) is 4.32. The van der Waals surface area contributed by atoms with Gasteiger partial charge in [-0.3, -0.25) is 9.59 Å². The maximum Gasteiger partial charge on any atom is 0.256 e. The molecule has 0 unspecified atom stereocenters. The van der Waals surface area contributed by atoms with Gasteiger partial charge in [0.15, 0.2) is 0 Å². The lowest BCUT2D eigenvalue weighted by Crippen LogP contribution is -2.17. The summed E-state index contributed by atoms with van der Waals surface area (Å²) in [4.78, 5) is 23.1. The highest BCUT2D eigenvalue weighted by Gasteiger charge is 2.17. The molecule has 0 atom stereocenters. The summed E-state index contributed by atoms with van der Waals surface area (Å²) in [5.74, 6) is -3.75. The van der Waals surface area contributed by atoms with Gasteiger partial charge in [0.25, 0.3) is 11.8 Å². The van der Waals surface area contributed by atoms with Crippen molar-refractivity contribution < 1.29 is 18.4 Å². The fourth-order valence-corrected chi connectivity index (χ4v) is 2.13. The lowest BCUT2D eigenvalue weighted by atomic mass is 10.1. The summed E-state index contributed by atoms with van der Waals surface area (Å²) in [5, 5.41) is 2.27. The van der Waals surface area contributed by atoms with Gasteiger partial charge in [-0.05, 0) is 34.1 Å². The number of carbonyl (C=O) groups excluding carboxylic acids is 2. The van der Waals surface area contributed by atoms with Crippen LogP contribution in [-0.4, -0.2) is 11.8 Å². The predicted octanol–water partition coefficient (Wildman–Crippen LogP) is 3.08. The molecule has 2 rings (SSSR count). The molecule has 0 saturated heterocycles. The second-order valence-corrected chi connectivity index (χ2v) is 4.96. The molecule has 2 amide bonds. The van der Waals surface area contributed by atoms with E-state index in [0.717, 1.165) is 6.07 Å². The largest absolute Gasteiger partial charge is 0.366 e. The van der Waals surface area contributed by atoms with Crippen LogP contribution in [0.3, 0.4) is 0 Å². The van der Waals surface area contributed by atoms with E-state index in [-0.39, 0.29) is 11.3 Å². The molecule has 0 radical (unpaired) electrons. The van der Waals surface area contributed by atoms with Crippen molar-refractivity contribution in [1.29, 1.82) is 0 Å². The van der Waals surface area contributed by atoms with Gasteiger partial charge < -0.3 is 11.1 Å². The smallest absolute Gasteiger partial charge is 0.256 e. The van der Waals surface area contributed by atoms with Gasteiger partial charge in [-0.1, -0.05) is 12.1 Å². The van der Waals surface area contributed by atoms with E-state index in [1.54, 1.807) is 18.2 Å². The standard InChI is InChI=1S/C14H9BrF2N2O2/c15-9-4-2-1-3-7(9)14(21)19-12-5-8(13(18)20)10(16)6-11(12)17/h1-6H,(H2,18,20)(H,19,21). The molecule has 108 valence electrons. The zero-order valence-electron chi connectivity index (χ0n) is 10.5. The van der Waals surface area contributed by atoms with E-state index in [1.165, 1.54) is 6.07 Å². The summed E-state index contributed by atoms with van der Waals surface area (Å²) < 4.78 is 27.5. The predicted molar refractivity (Wildman–Crippen MR) is 77.0 cm³/mol. The molecule has 21 heavy (non-hydrogen) atoms. The van der Waals surface area contributed by atoms with Crippen molar-refractivity contribution in [2.75, 3.05) is 5.32 Å². The Balaban J connectivity index is 2.36. The lowest BCUT2D eigenvalue weighted by molar-refractivity contribution is 0.0992. The first-order valence-electron chi connectivity index (χ1n) is 5.75. The lowest BCUT2D eigenvalue weighted by Gasteiger charge is -2.09. The fraction of sp³-hybridized carbons (Fsp3) is 0. The van der Waals surface area contributed by atoms with Crippen molar-refractivity contribution >= 4 is 33.4 Å². The number of carbonyl (C=O) groups is 2. The molecule has 0 aromatic heterocycles. The molecule has 2 aromatic carbocycles. The molecule has 0 aliphatic heterocycles. The first kappa shape index (κ1) is 15.1. The van der Waals surface area contributed by atoms with E-state index in [9.17, 15) is 18.4 Å². The van der Waals surface area contributed by atoms with Crippen molar-refractivity contribution in [3.63, 3.8) is 0 Å². The molecule has 0 fully saturated rings. The topological polar surface area (TPSA) is 72.2 Å². The summed E-state index contributed by atoms with van der Waals surface area (Å²) >= 11 is 3.19. The molecule has 0 aliphatic rings. The minimum atomic E-state index is -1.08. The van der Waals surface area contributed by atoms with Crippen LogP contribution >= 0.6 is 15.9 Å². The van der Waals surface area contributed by atoms with Gasteiger partial charge in [0.1, 0.15) is 11.6 Å². The van der Waals surface area contributed by atoms with Crippen molar-refractivity contribution in [2.45, 2.75) is 0 Å². The summed E-state index contributed by atoms with van der Waals surface area (Å²) in [6, 6.07) is 7.87. The Bertz CT molecular complexity index is 735. The maximum atomic E-state index is 13.7. The Morgan fingerprint density at radius 2 is 1.71 bits per heavy atom. The van der Waals surface area contributed by atoms with Crippen LogP contribution in [0.25, 0.3) is 0 Å². The second kappa shape index (κ2) is 6.01. The molecule has 0 saturated carbocycles. The van der Waals surface area contributed by atoms with Gasteiger partial charge >= 0.3 is 0 Å². The number of hydrogen-bond donors (Lipinski definition) is 2. The average molecular weight is 355 g/mol. The maximum absolute atomic E-state index is 13.7. The monoisotopic (exact) mass is 354 g/mol. The van der Waals surface area contributed by atoms with Crippen molar-refractivity contribution in [3.05, 3.63) is 63.6 Å². The number of anilines is 1. The number of amides is 2. The van der Waals surface area contributed by atoms with Gasteiger partial charge in [0.05, 0.1) is 16.8 Å². The van der Waals surface area contributed by atoms with E-state index < -0.39 is 29.0 Å². The molecule has 0 spiro atoms. The number of primary amides is 1. The minimum absolute atomic E-state index is 0.266. The van der Waals surface area contributed by atoms with Gasteiger partial charge in [-0.25, -0.2) is 8.78 Å². The van der Waals surface area contributed by atoms with E-state index >= 15 is 0 Å². The zero-order valence-corrected chi connectivity index (χ0v) is 12.1. The fourth-order valence-electron chi connectivity index (χ4n) is 1.67. The van der Waals surface area contributed by atoms with E-state index in [4.69, 9.17) is 5.73 Å². The summed E-state index contributed by atoms with van der Waals surface area (Å²) in [6.45, 7) is 0. The molecular formula is C14H9BrF2N2O2. The van der Waals surface area contributed by atoms with Crippen molar-refractivity contribution in [1.82, 2.24) is 0 Å². The summed E-state index contributed by atoms with van der Waals surface area (Å²) in [6.07, 6.45) is 0. The third-order valence-corrected chi connectivity index (χ3v) is 3.38. The summed E-state index contributed by atoms with van der Waals surface area (Å²) in [7, 11) is 0. The first-order chi connectivity index (χ1) is 9.90. The van der Waals surface area contributed by atoms with Gasteiger partial charge in [-0.15, -0.1) is 0 Å². The van der Waals surface area contributed by atoms with Crippen LogP contribution in [0.4, 0.5) is 14.5 Å². The Morgan fingerprint density at radius 3 is 2.33 bits per heavy atom. The highest BCUT2D eigenvalue weighted by Crippen LogP contribution is 2.22. The van der Waals surface area contributed by atoms with Crippen molar-refractivity contribution in [2.24, 2.45) is 5.73 Å². The number of nitrogens with two attached hydrogens (primary N) is 1. The molecule has 3 N–H and O–H groups in total. The number of rotatable bonds is 3. The van der Waals surface area contributed by atoms with E-state index in [0.29, 0.717) is 10.5 Å². The number of nitrogens with one attached hydrogen (secondary N) is 1. The highest BCUT2D eigenvalue weighted by atomic mass is 79.9. The molecule has 0 aliphatic carbocycles. The third kappa shape index (κ3) is 3.25. The van der Waals surface area contributed by atoms with Crippen LogP contribution in [0, 0.1) is 11.6 Å². The van der Waals surface area contributed by atoms with E-state index in [2.05, 4.69) is 21.2 Å². The first-order valence-corrected chi connectivity index (χ1v) is 6.54. The number of benzene rings is 2. The Hall–Kier alpha value is -2.28. The average Bonchev–Trinajstić information content (AvgIpc) is 2.41. The highest BCUT2D eigenvalue weighted by molar-refractivity contribution is 9.10. The van der Waals surface area contributed by atoms with E-state index in [1.807, 2.05) is 0 Å². The minimum Gasteiger partial charge on any atom is -0.366 e. The number of hydrogen-bond acceptors (Lipinski definition) is 2. The van der Waals surface area contributed by atoms with Crippen LogP contribution in [0.2, 0.25) is 0 Å². The quantitative estimate of drug-likeness (QED) is 0.888. The van der Waals surface area contributed by atoms with Gasteiger partial charge in [0.2, 0.25) is 0 Å². The third-order valence-electron chi connectivity index (χ3n) is 2.69. The zero-order chi connectivity index (χ0) is 15.6. The Labute approximate surface area is 127 Å². The van der Waals surface area contributed by atoms with Gasteiger partial charge in [0, 0.05) is 10.5 Å².